The van der Waals surface area contributed by atoms with E-state index in [0.29, 0.717) is 31.0 Å². The highest BCUT2D eigenvalue weighted by molar-refractivity contribution is 5.91. The molecule has 0 saturated carbocycles. The monoisotopic (exact) mass is 452 g/mol. The maximum Gasteiger partial charge on any atom is 0.338 e. The van der Waals surface area contributed by atoms with Crippen molar-refractivity contribution in [1.29, 1.82) is 0 Å². The number of hydrogen-bond acceptors (Lipinski definition) is 6. The van der Waals surface area contributed by atoms with Crippen LogP contribution in [0.5, 0.6) is 5.75 Å². The average Bonchev–Trinajstić information content (AvgIpc) is 3.36. The number of carbonyl (C=O) groups is 2. The van der Waals surface area contributed by atoms with E-state index in [-0.39, 0.29) is 18.6 Å². The first-order chi connectivity index (χ1) is 16.1. The molecule has 2 saturated heterocycles. The fourth-order valence-electron chi connectivity index (χ4n) is 4.18. The molecule has 0 radical (unpaired) electrons. The van der Waals surface area contributed by atoms with Crippen molar-refractivity contribution in [1.82, 2.24) is 9.80 Å². The van der Waals surface area contributed by atoms with Crippen LogP contribution in [0, 0.1) is 6.92 Å². The number of carbonyl (C=O) groups excluding carboxylic acids is 2. The first-order valence-electron chi connectivity index (χ1n) is 11.6. The fourth-order valence-corrected chi connectivity index (χ4v) is 4.18. The van der Waals surface area contributed by atoms with Crippen molar-refractivity contribution in [2.45, 2.75) is 32.4 Å². The molecule has 1 amide bonds. The number of hydrogen-bond donors (Lipinski definition) is 0. The third-order valence-electron chi connectivity index (χ3n) is 6.09. The summed E-state index contributed by atoms with van der Waals surface area (Å²) in [5.41, 5.74) is 2.94. The van der Waals surface area contributed by atoms with Gasteiger partial charge in [0.2, 0.25) is 0 Å². The van der Waals surface area contributed by atoms with Crippen molar-refractivity contribution in [3.05, 3.63) is 65.2 Å². The van der Waals surface area contributed by atoms with Gasteiger partial charge in [-0.25, -0.2) is 4.79 Å². The second-order valence-corrected chi connectivity index (χ2v) is 8.69. The number of rotatable bonds is 8. The number of esters is 1. The second-order valence-electron chi connectivity index (χ2n) is 8.69. The van der Waals surface area contributed by atoms with Gasteiger partial charge >= 0.3 is 5.97 Å². The van der Waals surface area contributed by atoms with Gasteiger partial charge in [0.05, 0.1) is 11.7 Å². The molecular formula is C26H32N2O5. The van der Waals surface area contributed by atoms with E-state index in [1.165, 1.54) is 11.1 Å². The summed E-state index contributed by atoms with van der Waals surface area (Å²) >= 11 is 0. The number of ether oxygens (including phenoxy) is 3. The standard InChI is InChI=1S/C26H32N2O5/c1-20-4-2-5-21(16-20)17-27-11-13-28(14-12-27)25(29)19-33-26(30)22-7-9-23(10-8-22)32-18-24-6-3-15-31-24/h2,4-5,7-10,16,24H,3,6,11-15,17-19H2,1H3. The molecule has 2 fully saturated rings. The Morgan fingerprint density at radius 2 is 1.85 bits per heavy atom. The minimum absolute atomic E-state index is 0.144. The number of amides is 1. The zero-order valence-corrected chi connectivity index (χ0v) is 19.2. The molecule has 0 N–H and O–H groups in total. The van der Waals surface area contributed by atoms with E-state index in [1.807, 2.05) is 0 Å². The zero-order chi connectivity index (χ0) is 23.0. The Hall–Kier alpha value is -2.90. The predicted octanol–water partition coefficient (Wildman–Crippen LogP) is 3.05. The number of nitrogens with zero attached hydrogens (tertiary/aromatic N) is 2. The van der Waals surface area contributed by atoms with Gasteiger partial charge in [-0.3, -0.25) is 9.69 Å². The van der Waals surface area contributed by atoms with Gasteiger partial charge in [-0.2, -0.15) is 0 Å². The molecular weight excluding hydrogens is 420 g/mol. The lowest BCUT2D eigenvalue weighted by Crippen LogP contribution is -2.49. The third-order valence-corrected chi connectivity index (χ3v) is 6.09. The Morgan fingerprint density at radius 1 is 1.06 bits per heavy atom. The van der Waals surface area contributed by atoms with Gasteiger partial charge in [-0.05, 0) is 49.6 Å². The van der Waals surface area contributed by atoms with E-state index >= 15 is 0 Å². The Bertz CT molecular complexity index is 932. The van der Waals surface area contributed by atoms with Crippen molar-refractivity contribution < 1.29 is 23.8 Å². The highest BCUT2D eigenvalue weighted by Gasteiger charge is 2.22. The van der Waals surface area contributed by atoms with Gasteiger partial charge in [0, 0.05) is 39.3 Å². The van der Waals surface area contributed by atoms with Gasteiger partial charge in [-0.1, -0.05) is 29.8 Å². The van der Waals surface area contributed by atoms with Crippen LogP contribution in [0.3, 0.4) is 0 Å². The minimum atomic E-state index is -0.507. The molecule has 1 atom stereocenters. The summed E-state index contributed by atoms with van der Waals surface area (Å²) < 4.78 is 16.5. The van der Waals surface area contributed by atoms with E-state index in [1.54, 1.807) is 29.2 Å². The molecule has 4 rings (SSSR count). The molecule has 7 nitrogen and oxygen atoms in total. The normalized spacial score (nSPS) is 18.8. The minimum Gasteiger partial charge on any atom is -0.491 e. The summed E-state index contributed by atoms with van der Waals surface area (Å²) in [4.78, 5) is 28.9. The number of benzene rings is 2. The zero-order valence-electron chi connectivity index (χ0n) is 19.2. The molecule has 33 heavy (non-hydrogen) atoms. The Morgan fingerprint density at radius 3 is 2.55 bits per heavy atom. The van der Waals surface area contributed by atoms with Crippen molar-refractivity contribution >= 4 is 11.9 Å². The smallest absolute Gasteiger partial charge is 0.338 e. The molecule has 2 aliphatic heterocycles. The van der Waals surface area contributed by atoms with E-state index in [0.717, 1.165) is 39.1 Å². The molecule has 1 unspecified atom stereocenters. The van der Waals surface area contributed by atoms with Gasteiger partial charge in [0.1, 0.15) is 12.4 Å². The first kappa shape index (κ1) is 23.3. The summed E-state index contributed by atoms with van der Waals surface area (Å²) in [7, 11) is 0. The van der Waals surface area contributed by atoms with Crippen molar-refractivity contribution in [2.24, 2.45) is 0 Å². The molecule has 0 aliphatic carbocycles. The van der Waals surface area contributed by atoms with Gasteiger partial charge in [-0.15, -0.1) is 0 Å². The number of piperazine rings is 1. The molecule has 2 heterocycles. The molecule has 2 aliphatic rings. The average molecular weight is 453 g/mol. The molecule has 176 valence electrons. The molecule has 7 heteroatoms. The van der Waals surface area contributed by atoms with Gasteiger partial charge in [0.15, 0.2) is 6.61 Å². The van der Waals surface area contributed by atoms with Crippen LogP contribution in [0.1, 0.15) is 34.3 Å². The van der Waals surface area contributed by atoms with E-state index in [9.17, 15) is 9.59 Å². The van der Waals surface area contributed by atoms with E-state index in [4.69, 9.17) is 14.2 Å². The van der Waals surface area contributed by atoms with Crippen LogP contribution in [0.4, 0.5) is 0 Å². The summed E-state index contributed by atoms with van der Waals surface area (Å²) in [5.74, 6) is 0.0174. The number of aryl methyl sites for hydroxylation is 1. The van der Waals surface area contributed by atoms with Gasteiger partial charge in [0.25, 0.3) is 5.91 Å². The highest BCUT2D eigenvalue weighted by atomic mass is 16.5. The Balaban J connectivity index is 1.17. The van der Waals surface area contributed by atoms with Crippen LogP contribution in [-0.4, -0.2) is 73.8 Å². The SMILES string of the molecule is Cc1cccc(CN2CCN(C(=O)COC(=O)c3ccc(OCC4CCCO4)cc3)CC2)c1. The summed E-state index contributed by atoms with van der Waals surface area (Å²) in [6.45, 7) is 6.92. The predicted molar refractivity (Wildman–Crippen MR) is 124 cm³/mol. The van der Waals surface area contributed by atoms with Crippen LogP contribution in [-0.2, 0) is 20.8 Å². The molecule has 0 spiro atoms. The van der Waals surface area contributed by atoms with E-state index < -0.39 is 5.97 Å². The first-order valence-corrected chi connectivity index (χ1v) is 11.6. The molecule has 0 bridgehead atoms. The van der Waals surface area contributed by atoms with Crippen LogP contribution in [0.2, 0.25) is 0 Å². The van der Waals surface area contributed by atoms with E-state index in [2.05, 4.69) is 36.1 Å². The highest BCUT2D eigenvalue weighted by Crippen LogP contribution is 2.17. The fraction of sp³-hybridized carbons (Fsp3) is 0.462. The van der Waals surface area contributed by atoms with Crippen molar-refractivity contribution in [2.75, 3.05) is 46.0 Å². The third kappa shape index (κ3) is 6.79. The van der Waals surface area contributed by atoms with Crippen LogP contribution >= 0.6 is 0 Å². The van der Waals surface area contributed by atoms with Crippen LogP contribution in [0.25, 0.3) is 0 Å². The maximum atomic E-state index is 12.5. The Labute approximate surface area is 195 Å². The second kappa shape index (κ2) is 11.3. The summed E-state index contributed by atoms with van der Waals surface area (Å²) in [6, 6.07) is 15.3. The lowest BCUT2D eigenvalue weighted by atomic mass is 10.1. The topological polar surface area (TPSA) is 68.3 Å². The lowest BCUT2D eigenvalue weighted by Gasteiger charge is -2.34. The van der Waals surface area contributed by atoms with Crippen molar-refractivity contribution in [3.63, 3.8) is 0 Å². The molecule has 0 aromatic heterocycles. The van der Waals surface area contributed by atoms with Crippen LogP contribution in [0.15, 0.2) is 48.5 Å². The maximum absolute atomic E-state index is 12.5. The lowest BCUT2D eigenvalue weighted by molar-refractivity contribution is -0.136. The Kier molecular flexibility index (Phi) is 7.96. The molecule has 2 aromatic carbocycles. The quantitative estimate of drug-likeness (QED) is 0.574. The molecule has 2 aromatic rings. The summed E-state index contributed by atoms with van der Waals surface area (Å²) in [5, 5.41) is 0. The summed E-state index contributed by atoms with van der Waals surface area (Å²) in [6.07, 6.45) is 2.23. The van der Waals surface area contributed by atoms with Crippen molar-refractivity contribution in [3.8, 4) is 5.75 Å². The van der Waals surface area contributed by atoms with Gasteiger partial charge < -0.3 is 19.1 Å². The largest absolute Gasteiger partial charge is 0.491 e. The van der Waals surface area contributed by atoms with Crippen LogP contribution < -0.4 is 4.74 Å².